The van der Waals surface area contributed by atoms with Crippen molar-refractivity contribution in [3.8, 4) is 0 Å². The third kappa shape index (κ3) is 1.03. The second-order valence-corrected chi connectivity index (χ2v) is 4.21. The van der Waals surface area contributed by atoms with Gasteiger partial charge in [-0.1, -0.05) is 0 Å². The van der Waals surface area contributed by atoms with Crippen LogP contribution in [0.15, 0.2) is 0 Å². The monoisotopic (exact) mass is 172 g/mol. The summed E-state index contributed by atoms with van der Waals surface area (Å²) in [4.78, 5) is 10.6. The molecule has 12 heavy (non-hydrogen) atoms. The average Bonchev–Trinajstić information content (AvgIpc) is 2.77. The molecule has 2 nitrogen and oxygen atoms in total. The summed E-state index contributed by atoms with van der Waals surface area (Å²) in [5, 5.41) is 8.74. The molecule has 0 aromatic rings. The highest BCUT2D eigenvalue weighted by molar-refractivity contribution is 5.70. The molecule has 2 fully saturated rings. The van der Waals surface area contributed by atoms with Crippen molar-refractivity contribution in [2.45, 2.75) is 25.7 Å². The smallest absolute Gasteiger partial charge is 0.306 e. The Kier molecular flexibility index (Phi) is 1.63. The van der Waals surface area contributed by atoms with Crippen molar-refractivity contribution in [3.05, 3.63) is 0 Å². The molecular weight excluding hydrogens is 159 g/mol. The number of hydrogen-bond donors (Lipinski definition) is 1. The van der Waals surface area contributed by atoms with Crippen molar-refractivity contribution < 1.29 is 14.3 Å². The zero-order valence-electron chi connectivity index (χ0n) is 6.92. The number of alkyl halides is 1. The molecule has 0 radical (unpaired) electrons. The van der Waals surface area contributed by atoms with E-state index in [0.717, 1.165) is 12.8 Å². The molecule has 1 N–H and O–H groups in total. The fraction of sp³-hybridized carbons (Fsp3) is 0.889. The number of rotatable bonds is 2. The minimum absolute atomic E-state index is 0.0774. The molecule has 3 heteroatoms. The molecule has 0 aromatic heterocycles. The Hall–Kier alpha value is -0.600. The van der Waals surface area contributed by atoms with Crippen LogP contribution in [-0.2, 0) is 4.79 Å². The molecule has 0 amide bonds. The summed E-state index contributed by atoms with van der Waals surface area (Å²) < 4.78 is 12.5. The van der Waals surface area contributed by atoms with Gasteiger partial charge in [-0.15, -0.1) is 0 Å². The Labute approximate surface area is 70.8 Å². The predicted octanol–water partition coefficient (Wildman–Crippen LogP) is 1.85. The largest absolute Gasteiger partial charge is 0.481 e. The molecule has 0 aromatic carbocycles. The normalized spacial score (nSPS) is 45.1. The van der Waals surface area contributed by atoms with Crippen LogP contribution in [0.1, 0.15) is 25.7 Å². The summed E-state index contributed by atoms with van der Waals surface area (Å²) in [7, 11) is 0. The van der Waals surface area contributed by atoms with Crippen molar-refractivity contribution in [1.29, 1.82) is 0 Å². The summed E-state index contributed by atoms with van der Waals surface area (Å²) in [6, 6.07) is 0. The summed E-state index contributed by atoms with van der Waals surface area (Å²) in [5.74, 6) is -0.524. The molecule has 2 aliphatic carbocycles. The molecule has 2 saturated carbocycles. The highest BCUT2D eigenvalue weighted by atomic mass is 19.1. The fourth-order valence-electron chi connectivity index (χ4n) is 2.45. The molecule has 3 unspecified atom stereocenters. The van der Waals surface area contributed by atoms with E-state index in [1.807, 2.05) is 0 Å². The van der Waals surface area contributed by atoms with Crippen molar-refractivity contribution in [2.75, 3.05) is 6.67 Å². The lowest BCUT2D eigenvalue weighted by atomic mass is 9.82. The van der Waals surface area contributed by atoms with Crippen LogP contribution in [0.2, 0.25) is 0 Å². The molecule has 0 saturated heterocycles. The van der Waals surface area contributed by atoms with Crippen LogP contribution >= 0.6 is 0 Å². The lowest BCUT2D eigenvalue weighted by molar-refractivity contribution is -0.143. The van der Waals surface area contributed by atoms with E-state index in [-0.39, 0.29) is 18.0 Å². The molecular formula is C9H13FO2. The number of halogens is 1. The maximum absolute atomic E-state index is 12.5. The van der Waals surface area contributed by atoms with E-state index in [1.54, 1.807) is 0 Å². The summed E-state index contributed by atoms with van der Waals surface area (Å²) in [6.07, 6.45) is 3.09. The molecule has 0 spiro atoms. The molecule has 0 bridgehead atoms. The van der Waals surface area contributed by atoms with Gasteiger partial charge in [-0.2, -0.15) is 0 Å². The lowest BCUT2D eigenvalue weighted by Crippen LogP contribution is -2.23. The van der Waals surface area contributed by atoms with Crippen LogP contribution in [0.5, 0.6) is 0 Å². The van der Waals surface area contributed by atoms with Gasteiger partial charge in [0, 0.05) is 5.41 Å². The zero-order chi connectivity index (χ0) is 8.77. The van der Waals surface area contributed by atoms with E-state index < -0.39 is 5.97 Å². The third-order valence-corrected chi connectivity index (χ3v) is 3.53. The van der Waals surface area contributed by atoms with Gasteiger partial charge in [-0.3, -0.25) is 9.18 Å². The van der Waals surface area contributed by atoms with Gasteiger partial charge < -0.3 is 5.11 Å². The summed E-state index contributed by atoms with van der Waals surface area (Å²) in [5.41, 5.74) is -0.0774. The topological polar surface area (TPSA) is 37.3 Å². The van der Waals surface area contributed by atoms with Crippen LogP contribution < -0.4 is 0 Å². The van der Waals surface area contributed by atoms with E-state index in [4.69, 9.17) is 5.11 Å². The van der Waals surface area contributed by atoms with E-state index in [2.05, 4.69) is 0 Å². The van der Waals surface area contributed by atoms with E-state index in [9.17, 15) is 9.18 Å². The molecule has 2 rings (SSSR count). The van der Waals surface area contributed by atoms with Crippen molar-refractivity contribution in [1.82, 2.24) is 0 Å². The zero-order valence-corrected chi connectivity index (χ0v) is 6.92. The van der Waals surface area contributed by atoms with Crippen LogP contribution in [0.25, 0.3) is 0 Å². The van der Waals surface area contributed by atoms with Crippen LogP contribution in [-0.4, -0.2) is 17.8 Å². The van der Waals surface area contributed by atoms with Crippen LogP contribution in [0.3, 0.4) is 0 Å². The third-order valence-electron chi connectivity index (χ3n) is 3.53. The van der Waals surface area contributed by atoms with Gasteiger partial charge in [0.15, 0.2) is 0 Å². The van der Waals surface area contributed by atoms with Crippen LogP contribution in [0.4, 0.5) is 4.39 Å². The highest BCUT2D eigenvalue weighted by Gasteiger charge is 2.57. The SMILES string of the molecule is O=C(O)C1CCC2(CF)CC2C1. The van der Waals surface area contributed by atoms with Gasteiger partial charge in [-0.25, -0.2) is 0 Å². The first kappa shape index (κ1) is 8.02. The van der Waals surface area contributed by atoms with Gasteiger partial charge in [0.2, 0.25) is 0 Å². The Morgan fingerprint density at radius 1 is 1.67 bits per heavy atom. The minimum Gasteiger partial charge on any atom is -0.481 e. The van der Waals surface area contributed by atoms with Crippen LogP contribution in [0, 0.1) is 17.3 Å². The Morgan fingerprint density at radius 3 is 2.92 bits per heavy atom. The quantitative estimate of drug-likeness (QED) is 0.690. The molecule has 0 aliphatic heterocycles. The fourth-order valence-corrected chi connectivity index (χ4v) is 2.45. The molecule has 68 valence electrons. The lowest BCUT2D eigenvalue weighted by Gasteiger charge is -2.23. The second-order valence-electron chi connectivity index (χ2n) is 4.21. The van der Waals surface area contributed by atoms with Gasteiger partial charge >= 0.3 is 5.97 Å². The molecule has 0 heterocycles. The first-order valence-corrected chi connectivity index (χ1v) is 4.47. The van der Waals surface area contributed by atoms with Gasteiger partial charge in [0.25, 0.3) is 0 Å². The van der Waals surface area contributed by atoms with E-state index in [0.29, 0.717) is 18.8 Å². The Balaban J connectivity index is 1.96. The summed E-state index contributed by atoms with van der Waals surface area (Å²) in [6.45, 7) is -0.246. The van der Waals surface area contributed by atoms with Gasteiger partial charge in [0.05, 0.1) is 12.6 Å². The average molecular weight is 172 g/mol. The summed E-state index contributed by atoms with van der Waals surface area (Å²) >= 11 is 0. The van der Waals surface area contributed by atoms with Gasteiger partial charge in [0.1, 0.15) is 0 Å². The molecule has 2 aliphatic rings. The van der Waals surface area contributed by atoms with E-state index in [1.165, 1.54) is 0 Å². The number of hydrogen-bond acceptors (Lipinski definition) is 1. The highest BCUT2D eigenvalue weighted by Crippen LogP contribution is 2.62. The molecule has 3 atom stereocenters. The van der Waals surface area contributed by atoms with E-state index >= 15 is 0 Å². The maximum Gasteiger partial charge on any atom is 0.306 e. The first-order valence-electron chi connectivity index (χ1n) is 4.47. The Morgan fingerprint density at radius 2 is 2.42 bits per heavy atom. The number of carboxylic acid groups (broad SMARTS) is 1. The van der Waals surface area contributed by atoms with Crippen molar-refractivity contribution in [2.24, 2.45) is 17.3 Å². The predicted molar refractivity (Wildman–Crippen MR) is 41.5 cm³/mol. The van der Waals surface area contributed by atoms with Gasteiger partial charge in [-0.05, 0) is 31.6 Å². The minimum atomic E-state index is -0.700. The van der Waals surface area contributed by atoms with Crippen molar-refractivity contribution >= 4 is 5.97 Å². The second kappa shape index (κ2) is 2.44. The number of carbonyl (C=O) groups is 1. The van der Waals surface area contributed by atoms with Crippen molar-refractivity contribution in [3.63, 3.8) is 0 Å². The maximum atomic E-state index is 12.5. The standard InChI is InChI=1S/C9H13FO2/c10-5-9-2-1-6(8(11)12)3-7(9)4-9/h6-7H,1-5H2,(H,11,12). The first-order chi connectivity index (χ1) is 5.68. The number of carboxylic acids is 1. The number of aliphatic carboxylic acids is 1. The number of fused-ring (bicyclic) bond motifs is 1. The Bertz CT molecular complexity index is 217.